The minimum atomic E-state index is 0.522. The molecule has 0 aliphatic rings. The molecular formula is C16H18ClNO2. The van der Waals surface area contributed by atoms with E-state index in [9.17, 15) is 0 Å². The molecule has 0 aliphatic heterocycles. The second-order valence-electron chi connectivity index (χ2n) is 4.39. The molecule has 0 spiro atoms. The Balaban J connectivity index is 2.07. The third-order valence-corrected chi connectivity index (χ3v) is 3.16. The normalized spacial score (nSPS) is 10.3. The average molecular weight is 292 g/mol. The van der Waals surface area contributed by atoms with E-state index in [1.807, 2.05) is 48.5 Å². The van der Waals surface area contributed by atoms with Gasteiger partial charge in [0.15, 0.2) is 11.5 Å². The van der Waals surface area contributed by atoms with E-state index in [1.54, 1.807) is 7.11 Å². The van der Waals surface area contributed by atoms with Gasteiger partial charge in [-0.05, 0) is 41.5 Å². The molecule has 0 saturated carbocycles. The molecule has 4 heteroatoms. The Bertz CT molecular complexity index is 531. The van der Waals surface area contributed by atoms with Crippen LogP contribution in [-0.2, 0) is 13.0 Å². The summed E-state index contributed by atoms with van der Waals surface area (Å²) in [6.45, 7) is 1.24. The molecule has 0 aliphatic carbocycles. The van der Waals surface area contributed by atoms with Crippen LogP contribution >= 0.6 is 11.8 Å². The van der Waals surface area contributed by atoms with Crippen LogP contribution in [0.4, 0.5) is 0 Å². The van der Waals surface area contributed by atoms with Crippen LogP contribution in [0.15, 0.2) is 48.5 Å². The van der Waals surface area contributed by atoms with Gasteiger partial charge in [-0.2, -0.15) is 0 Å². The highest BCUT2D eigenvalue weighted by Gasteiger charge is 2.06. The number of methoxy groups -OCH3 is 1. The van der Waals surface area contributed by atoms with Crippen molar-refractivity contribution < 1.29 is 9.47 Å². The van der Waals surface area contributed by atoms with Gasteiger partial charge in [0.1, 0.15) is 6.61 Å². The van der Waals surface area contributed by atoms with Crippen molar-refractivity contribution in [1.29, 1.82) is 0 Å². The lowest BCUT2D eigenvalue weighted by molar-refractivity contribution is 0.284. The number of ether oxygens (including phenoxy) is 2. The summed E-state index contributed by atoms with van der Waals surface area (Å²) in [6.07, 6.45) is 0.842. The zero-order valence-electron chi connectivity index (χ0n) is 11.4. The maximum Gasteiger partial charge on any atom is 0.161 e. The Kier molecular flexibility index (Phi) is 5.71. The van der Waals surface area contributed by atoms with Crippen molar-refractivity contribution in [1.82, 2.24) is 4.84 Å². The van der Waals surface area contributed by atoms with Crippen LogP contribution in [-0.4, -0.2) is 13.7 Å². The Hall–Kier alpha value is -1.71. The summed E-state index contributed by atoms with van der Waals surface area (Å²) in [5.74, 6) is 1.49. The highest BCUT2D eigenvalue weighted by atomic mass is 35.5. The largest absolute Gasteiger partial charge is 0.493 e. The first-order chi connectivity index (χ1) is 9.83. The highest BCUT2D eigenvalue weighted by Crippen LogP contribution is 2.29. The van der Waals surface area contributed by atoms with Crippen LogP contribution in [0.5, 0.6) is 11.5 Å². The number of halogens is 1. The zero-order chi connectivity index (χ0) is 14.2. The number of nitrogens with one attached hydrogen (secondary N) is 1. The van der Waals surface area contributed by atoms with Crippen molar-refractivity contribution in [2.24, 2.45) is 0 Å². The van der Waals surface area contributed by atoms with Gasteiger partial charge in [0.2, 0.25) is 0 Å². The molecule has 2 rings (SSSR count). The van der Waals surface area contributed by atoms with Crippen LogP contribution in [0.2, 0.25) is 0 Å². The van der Waals surface area contributed by atoms with E-state index in [0.717, 1.165) is 29.0 Å². The van der Waals surface area contributed by atoms with E-state index in [-0.39, 0.29) is 0 Å². The lowest BCUT2D eigenvalue weighted by atomic mass is 10.1. The lowest BCUT2D eigenvalue weighted by Gasteiger charge is -2.12. The minimum absolute atomic E-state index is 0.522. The average Bonchev–Trinajstić information content (AvgIpc) is 2.52. The van der Waals surface area contributed by atoms with E-state index in [4.69, 9.17) is 21.3 Å². The first-order valence-corrected chi connectivity index (χ1v) is 6.88. The molecule has 0 heterocycles. The van der Waals surface area contributed by atoms with Crippen molar-refractivity contribution in [2.45, 2.75) is 13.0 Å². The van der Waals surface area contributed by atoms with E-state index < -0.39 is 0 Å². The zero-order valence-corrected chi connectivity index (χ0v) is 12.2. The van der Waals surface area contributed by atoms with Crippen LogP contribution in [0, 0.1) is 0 Å². The van der Waals surface area contributed by atoms with Crippen molar-refractivity contribution >= 4 is 11.8 Å². The molecule has 0 aromatic heterocycles. The minimum Gasteiger partial charge on any atom is -0.493 e. The highest BCUT2D eigenvalue weighted by molar-refractivity contribution is 6.13. The molecule has 3 nitrogen and oxygen atoms in total. The summed E-state index contributed by atoms with van der Waals surface area (Å²) in [4.78, 5) is 2.62. The quantitative estimate of drug-likeness (QED) is 0.791. The molecule has 20 heavy (non-hydrogen) atoms. The summed E-state index contributed by atoms with van der Waals surface area (Å²) in [7, 11) is 1.64. The van der Waals surface area contributed by atoms with Gasteiger partial charge in [-0.3, -0.25) is 0 Å². The fourth-order valence-corrected chi connectivity index (χ4v) is 2.01. The lowest BCUT2D eigenvalue weighted by Crippen LogP contribution is -2.05. The molecule has 0 unspecified atom stereocenters. The van der Waals surface area contributed by atoms with Gasteiger partial charge >= 0.3 is 0 Å². The van der Waals surface area contributed by atoms with Gasteiger partial charge in [-0.15, -0.1) is 0 Å². The SMILES string of the molecule is COc1ccc(CCNCl)cc1OCc1ccccc1. The predicted octanol–water partition coefficient (Wildman–Crippen LogP) is 3.56. The Morgan fingerprint density at radius 3 is 2.50 bits per heavy atom. The van der Waals surface area contributed by atoms with E-state index in [0.29, 0.717) is 13.2 Å². The molecule has 2 aromatic carbocycles. The van der Waals surface area contributed by atoms with Crippen LogP contribution in [0.1, 0.15) is 11.1 Å². The fraction of sp³-hybridized carbons (Fsp3) is 0.250. The second kappa shape index (κ2) is 7.78. The Morgan fingerprint density at radius 1 is 1.00 bits per heavy atom. The van der Waals surface area contributed by atoms with Crippen LogP contribution < -0.4 is 14.3 Å². The van der Waals surface area contributed by atoms with Crippen molar-refractivity contribution in [3.63, 3.8) is 0 Å². The van der Waals surface area contributed by atoms with Crippen LogP contribution in [0.25, 0.3) is 0 Å². The van der Waals surface area contributed by atoms with Crippen LogP contribution in [0.3, 0.4) is 0 Å². The summed E-state index contributed by atoms with van der Waals surface area (Å²) < 4.78 is 11.2. The molecule has 2 aromatic rings. The van der Waals surface area contributed by atoms with Gasteiger partial charge < -0.3 is 9.47 Å². The number of rotatable bonds is 7. The molecule has 106 valence electrons. The second-order valence-corrected chi connectivity index (χ2v) is 4.66. The summed E-state index contributed by atoms with van der Waals surface area (Å²) in [5, 5.41) is 0. The molecule has 0 bridgehead atoms. The summed E-state index contributed by atoms with van der Waals surface area (Å²) in [5.41, 5.74) is 2.28. The van der Waals surface area contributed by atoms with Gasteiger partial charge in [0, 0.05) is 6.54 Å². The molecule has 1 N–H and O–H groups in total. The third kappa shape index (κ3) is 4.15. The van der Waals surface area contributed by atoms with E-state index >= 15 is 0 Å². The van der Waals surface area contributed by atoms with Gasteiger partial charge in [-0.1, -0.05) is 36.4 Å². The van der Waals surface area contributed by atoms with E-state index in [2.05, 4.69) is 4.84 Å². The Labute approximate surface area is 124 Å². The molecule has 0 atom stereocenters. The number of hydrogen-bond donors (Lipinski definition) is 1. The topological polar surface area (TPSA) is 30.5 Å². The van der Waals surface area contributed by atoms with Gasteiger partial charge in [-0.25, -0.2) is 4.84 Å². The van der Waals surface area contributed by atoms with Gasteiger partial charge in [0.25, 0.3) is 0 Å². The smallest absolute Gasteiger partial charge is 0.161 e. The maximum absolute atomic E-state index is 5.86. The van der Waals surface area contributed by atoms with Crippen molar-refractivity contribution in [3.05, 3.63) is 59.7 Å². The standard InChI is InChI=1S/C16H18ClNO2/c1-19-15-8-7-13(9-10-18-17)11-16(15)20-12-14-5-3-2-4-6-14/h2-8,11,18H,9-10,12H2,1H3. The maximum atomic E-state index is 5.86. The van der Waals surface area contributed by atoms with Crippen molar-refractivity contribution in [3.8, 4) is 11.5 Å². The van der Waals surface area contributed by atoms with Gasteiger partial charge in [0.05, 0.1) is 7.11 Å². The van der Waals surface area contributed by atoms with E-state index in [1.165, 1.54) is 0 Å². The third-order valence-electron chi connectivity index (χ3n) is 2.97. The first kappa shape index (κ1) is 14.7. The number of benzene rings is 2. The molecular weight excluding hydrogens is 274 g/mol. The fourth-order valence-electron chi connectivity index (χ4n) is 1.92. The predicted molar refractivity (Wildman–Crippen MR) is 81.3 cm³/mol. The van der Waals surface area contributed by atoms with Crippen molar-refractivity contribution in [2.75, 3.05) is 13.7 Å². The monoisotopic (exact) mass is 291 g/mol. The molecule has 0 saturated heterocycles. The molecule has 0 radical (unpaired) electrons. The first-order valence-electron chi connectivity index (χ1n) is 6.50. The number of hydrogen-bond acceptors (Lipinski definition) is 3. The summed E-state index contributed by atoms with van der Waals surface area (Å²) >= 11 is 5.49. The molecule has 0 amide bonds. The molecule has 0 fully saturated rings. The Morgan fingerprint density at radius 2 is 1.80 bits per heavy atom. The summed E-state index contributed by atoms with van der Waals surface area (Å²) in [6, 6.07) is 16.0.